The fourth-order valence-electron chi connectivity index (χ4n) is 2.70. The third-order valence-electron chi connectivity index (χ3n) is 4.13. The van der Waals surface area contributed by atoms with Crippen molar-refractivity contribution in [1.82, 2.24) is 10.1 Å². The maximum atomic E-state index is 8.89. The molecule has 0 bridgehead atoms. The Balaban J connectivity index is 2.38. The lowest BCUT2D eigenvalue weighted by Crippen LogP contribution is -2.27. The van der Waals surface area contributed by atoms with E-state index < -0.39 is 0 Å². The molecule has 1 aromatic carbocycles. The fourth-order valence-corrected chi connectivity index (χ4v) is 2.70. The zero-order valence-electron chi connectivity index (χ0n) is 12.8. The SMILES string of the molecule is CCC(CC)(c1ccccc1)c1noc(CC(C)C#N)n1. The number of benzene rings is 1. The van der Waals surface area contributed by atoms with Crippen LogP contribution in [0.2, 0.25) is 0 Å². The third-order valence-corrected chi connectivity index (χ3v) is 4.13. The van der Waals surface area contributed by atoms with Crippen LogP contribution in [0, 0.1) is 17.2 Å². The predicted octanol–water partition coefficient (Wildman–Crippen LogP) is 3.88. The van der Waals surface area contributed by atoms with Gasteiger partial charge in [0.2, 0.25) is 5.89 Å². The van der Waals surface area contributed by atoms with Crippen LogP contribution in [-0.4, -0.2) is 10.1 Å². The summed E-state index contributed by atoms with van der Waals surface area (Å²) in [5, 5.41) is 13.1. The van der Waals surface area contributed by atoms with E-state index in [1.54, 1.807) is 0 Å². The molecule has 0 aliphatic rings. The van der Waals surface area contributed by atoms with Gasteiger partial charge in [0, 0.05) is 6.42 Å². The molecule has 0 amide bonds. The highest BCUT2D eigenvalue weighted by Crippen LogP contribution is 2.37. The van der Waals surface area contributed by atoms with Crippen molar-refractivity contribution in [3.63, 3.8) is 0 Å². The van der Waals surface area contributed by atoms with Crippen molar-refractivity contribution in [2.75, 3.05) is 0 Å². The monoisotopic (exact) mass is 283 g/mol. The minimum atomic E-state index is -0.223. The second-order valence-corrected chi connectivity index (χ2v) is 5.40. The maximum Gasteiger partial charge on any atom is 0.227 e. The van der Waals surface area contributed by atoms with E-state index in [0.29, 0.717) is 12.3 Å². The van der Waals surface area contributed by atoms with Gasteiger partial charge in [0.25, 0.3) is 0 Å². The van der Waals surface area contributed by atoms with Gasteiger partial charge in [-0.05, 0) is 25.3 Å². The van der Waals surface area contributed by atoms with Crippen LogP contribution >= 0.6 is 0 Å². The Morgan fingerprint density at radius 1 is 1.24 bits per heavy atom. The molecule has 0 saturated heterocycles. The summed E-state index contributed by atoms with van der Waals surface area (Å²) in [7, 11) is 0. The first-order chi connectivity index (χ1) is 10.2. The van der Waals surface area contributed by atoms with Crippen LogP contribution in [0.5, 0.6) is 0 Å². The summed E-state index contributed by atoms with van der Waals surface area (Å²) in [6, 6.07) is 12.5. The number of nitrogens with zero attached hydrogens (tertiary/aromatic N) is 3. The zero-order chi connectivity index (χ0) is 15.3. The second kappa shape index (κ2) is 6.53. The maximum absolute atomic E-state index is 8.89. The lowest BCUT2D eigenvalue weighted by atomic mass is 9.75. The van der Waals surface area contributed by atoms with E-state index in [9.17, 15) is 0 Å². The molecule has 1 unspecified atom stereocenters. The van der Waals surface area contributed by atoms with Gasteiger partial charge in [0.15, 0.2) is 5.82 Å². The average molecular weight is 283 g/mol. The van der Waals surface area contributed by atoms with E-state index in [1.807, 2.05) is 25.1 Å². The number of hydrogen-bond acceptors (Lipinski definition) is 4. The molecule has 21 heavy (non-hydrogen) atoms. The van der Waals surface area contributed by atoms with Crippen molar-refractivity contribution in [3.05, 3.63) is 47.6 Å². The van der Waals surface area contributed by atoms with Crippen LogP contribution in [0.1, 0.15) is 50.9 Å². The number of aromatic nitrogens is 2. The van der Waals surface area contributed by atoms with Crippen molar-refractivity contribution in [2.45, 2.75) is 45.4 Å². The number of rotatable bonds is 6. The quantitative estimate of drug-likeness (QED) is 0.807. The van der Waals surface area contributed by atoms with Crippen LogP contribution in [-0.2, 0) is 11.8 Å². The lowest BCUT2D eigenvalue weighted by Gasteiger charge is -2.28. The van der Waals surface area contributed by atoms with Gasteiger partial charge >= 0.3 is 0 Å². The molecule has 0 aliphatic heterocycles. The lowest BCUT2D eigenvalue weighted by molar-refractivity contribution is 0.348. The first kappa shape index (κ1) is 15.2. The number of hydrogen-bond donors (Lipinski definition) is 0. The van der Waals surface area contributed by atoms with Crippen LogP contribution in [0.3, 0.4) is 0 Å². The topological polar surface area (TPSA) is 62.7 Å². The highest BCUT2D eigenvalue weighted by Gasteiger charge is 2.35. The van der Waals surface area contributed by atoms with Crippen LogP contribution in [0.25, 0.3) is 0 Å². The molecule has 0 radical (unpaired) electrons. The molecule has 0 N–H and O–H groups in total. The highest BCUT2D eigenvalue weighted by atomic mass is 16.5. The average Bonchev–Trinajstić information content (AvgIpc) is 2.99. The van der Waals surface area contributed by atoms with Gasteiger partial charge in [-0.3, -0.25) is 0 Å². The molecule has 1 aromatic heterocycles. The van der Waals surface area contributed by atoms with Crippen LogP contribution in [0.4, 0.5) is 0 Å². The molecule has 0 spiro atoms. The Labute approximate surface area is 125 Å². The molecule has 0 saturated carbocycles. The van der Waals surface area contributed by atoms with Crippen LogP contribution in [0.15, 0.2) is 34.9 Å². The van der Waals surface area contributed by atoms with Gasteiger partial charge in [-0.25, -0.2) is 0 Å². The van der Waals surface area contributed by atoms with E-state index in [-0.39, 0.29) is 11.3 Å². The van der Waals surface area contributed by atoms with E-state index in [2.05, 4.69) is 42.2 Å². The van der Waals surface area contributed by atoms with E-state index in [0.717, 1.165) is 18.7 Å². The fraction of sp³-hybridized carbons (Fsp3) is 0.471. The molecule has 2 rings (SSSR count). The van der Waals surface area contributed by atoms with Crippen molar-refractivity contribution in [3.8, 4) is 6.07 Å². The van der Waals surface area contributed by atoms with Gasteiger partial charge in [0.05, 0.1) is 17.4 Å². The van der Waals surface area contributed by atoms with Gasteiger partial charge in [0.1, 0.15) is 0 Å². The summed E-state index contributed by atoms with van der Waals surface area (Å²) < 4.78 is 5.36. The Bertz CT molecular complexity index is 608. The molecule has 2 aromatic rings. The highest BCUT2D eigenvalue weighted by molar-refractivity contribution is 5.32. The van der Waals surface area contributed by atoms with Crippen molar-refractivity contribution in [2.24, 2.45) is 5.92 Å². The smallest absolute Gasteiger partial charge is 0.227 e. The summed E-state index contributed by atoms with van der Waals surface area (Å²) in [6.07, 6.45) is 2.31. The molecule has 4 heteroatoms. The van der Waals surface area contributed by atoms with Gasteiger partial charge in [-0.1, -0.05) is 49.3 Å². The Hall–Kier alpha value is -2.15. The summed E-state index contributed by atoms with van der Waals surface area (Å²) in [5.41, 5.74) is 0.981. The predicted molar refractivity (Wildman–Crippen MR) is 80.6 cm³/mol. The molecular weight excluding hydrogens is 262 g/mol. The molecule has 1 atom stereocenters. The standard InChI is InChI=1S/C17H21N3O/c1-4-17(5-2,14-9-7-6-8-10-14)16-19-15(21-20-16)11-13(3)12-18/h6-10,13H,4-5,11H2,1-3H3. The van der Waals surface area contributed by atoms with Gasteiger partial charge < -0.3 is 4.52 Å². The van der Waals surface area contributed by atoms with E-state index in [1.165, 1.54) is 5.56 Å². The molecular formula is C17H21N3O. The summed E-state index contributed by atoms with van der Waals surface area (Å²) in [6.45, 7) is 6.14. The molecule has 0 fully saturated rings. The second-order valence-electron chi connectivity index (χ2n) is 5.40. The van der Waals surface area contributed by atoms with E-state index in [4.69, 9.17) is 9.78 Å². The summed E-state index contributed by atoms with van der Waals surface area (Å²) in [5.74, 6) is 1.15. The molecule has 0 aliphatic carbocycles. The number of nitriles is 1. The Kier molecular flexibility index (Phi) is 4.74. The minimum absolute atomic E-state index is 0.118. The first-order valence-electron chi connectivity index (χ1n) is 7.44. The summed E-state index contributed by atoms with van der Waals surface area (Å²) in [4.78, 5) is 4.56. The third kappa shape index (κ3) is 2.97. The largest absolute Gasteiger partial charge is 0.339 e. The summed E-state index contributed by atoms with van der Waals surface area (Å²) >= 11 is 0. The molecule has 110 valence electrons. The van der Waals surface area contributed by atoms with E-state index >= 15 is 0 Å². The van der Waals surface area contributed by atoms with Crippen molar-refractivity contribution < 1.29 is 4.52 Å². The Morgan fingerprint density at radius 2 is 1.90 bits per heavy atom. The van der Waals surface area contributed by atoms with Crippen molar-refractivity contribution >= 4 is 0 Å². The normalized spacial score (nSPS) is 12.9. The van der Waals surface area contributed by atoms with Crippen molar-refractivity contribution in [1.29, 1.82) is 5.26 Å². The first-order valence-corrected chi connectivity index (χ1v) is 7.44. The zero-order valence-corrected chi connectivity index (χ0v) is 12.8. The molecule has 4 nitrogen and oxygen atoms in total. The van der Waals surface area contributed by atoms with Gasteiger partial charge in [-0.15, -0.1) is 0 Å². The molecule has 1 heterocycles. The van der Waals surface area contributed by atoms with Crippen LogP contribution < -0.4 is 0 Å². The Morgan fingerprint density at radius 3 is 2.48 bits per heavy atom. The minimum Gasteiger partial charge on any atom is -0.339 e. The van der Waals surface area contributed by atoms with Gasteiger partial charge in [-0.2, -0.15) is 10.2 Å².